The zero-order valence-corrected chi connectivity index (χ0v) is 18.5. The summed E-state index contributed by atoms with van der Waals surface area (Å²) in [5.74, 6) is -0.867. The second-order valence-corrected chi connectivity index (χ2v) is 8.61. The molecule has 7 heteroatoms. The third-order valence-electron chi connectivity index (χ3n) is 6.42. The van der Waals surface area contributed by atoms with Gasteiger partial charge in [0.15, 0.2) is 5.78 Å². The number of aliphatic hydroxyl groups excluding tert-OH is 1. The van der Waals surface area contributed by atoms with E-state index in [2.05, 4.69) is 28.1 Å². The van der Waals surface area contributed by atoms with Crippen LogP contribution < -0.4 is 16.0 Å². The van der Waals surface area contributed by atoms with Crippen LogP contribution in [0.4, 0.5) is 0 Å². The van der Waals surface area contributed by atoms with Gasteiger partial charge in [-0.2, -0.15) is 0 Å². The van der Waals surface area contributed by atoms with Crippen molar-refractivity contribution in [3.63, 3.8) is 0 Å². The maximum atomic E-state index is 13.0. The summed E-state index contributed by atoms with van der Waals surface area (Å²) in [6.45, 7) is 0.132. The molecular formula is C26H29N3O4. The van der Waals surface area contributed by atoms with Crippen LogP contribution in [-0.2, 0) is 27.5 Å². The Morgan fingerprint density at radius 3 is 2.30 bits per heavy atom. The molecule has 1 aliphatic carbocycles. The van der Waals surface area contributed by atoms with Crippen LogP contribution in [0.3, 0.4) is 0 Å². The van der Waals surface area contributed by atoms with Crippen LogP contribution in [0.1, 0.15) is 54.7 Å². The summed E-state index contributed by atoms with van der Waals surface area (Å²) in [5, 5.41) is 18.1. The second-order valence-electron chi connectivity index (χ2n) is 8.61. The highest BCUT2D eigenvalue weighted by atomic mass is 16.3. The molecule has 0 atom stereocenters. The van der Waals surface area contributed by atoms with E-state index in [4.69, 9.17) is 0 Å². The van der Waals surface area contributed by atoms with Gasteiger partial charge in [-0.25, -0.2) is 0 Å². The molecule has 4 N–H and O–H groups in total. The van der Waals surface area contributed by atoms with Crippen LogP contribution in [-0.4, -0.2) is 28.7 Å². The summed E-state index contributed by atoms with van der Waals surface area (Å²) in [7, 11) is 0. The topological polar surface area (TPSA) is 108 Å². The summed E-state index contributed by atoms with van der Waals surface area (Å²) in [6.07, 6.45) is 3.33. The second kappa shape index (κ2) is 10.4. The molecule has 1 saturated carbocycles. The number of nitrogens with one attached hydrogen (secondary N) is 3. The molecule has 2 aliphatic rings. The van der Waals surface area contributed by atoms with Gasteiger partial charge in [-0.1, -0.05) is 54.6 Å². The van der Waals surface area contributed by atoms with Crippen molar-refractivity contribution in [2.24, 2.45) is 0 Å². The van der Waals surface area contributed by atoms with Gasteiger partial charge in [0.25, 0.3) is 5.91 Å². The minimum Gasteiger partial charge on any atom is -0.392 e. The highest BCUT2D eigenvalue weighted by Gasteiger charge is 2.31. The van der Waals surface area contributed by atoms with Crippen molar-refractivity contribution in [2.45, 2.75) is 57.2 Å². The molecule has 4 rings (SSSR count). The van der Waals surface area contributed by atoms with E-state index < -0.39 is 17.6 Å². The Bertz CT molecular complexity index is 1060. The van der Waals surface area contributed by atoms with Crippen LogP contribution in [0.5, 0.6) is 0 Å². The number of Topliss-reactive ketones (excluding diaryl/α,β-unsaturated/α-hetero) is 1. The summed E-state index contributed by atoms with van der Waals surface area (Å²) in [4.78, 5) is 37.6. The highest BCUT2D eigenvalue weighted by Crippen LogP contribution is 2.32. The molecular weight excluding hydrogens is 418 g/mol. The molecule has 0 spiro atoms. The molecule has 0 aromatic heterocycles. The average Bonchev–Trinajstić information content (AvgIpc) is 2.84. The number of aliphatic hydroxyl groups is 1. The largest absolute Gasteiger partial charge is 0.392 e. The van der Waals surface area contributed by atoms with Gasteiger partial charge >= 0.3 is 0 Å². The lowest BCUT2D eigenvalue weighted by Gasteiger charge is -2.30. The van der Waals surface area contributed by atoms with Gasteiger partial charge in [-0.05, 0) is 48.3 Å². The zero-order chi connectivity index (χ0) is 23.2. The van der Waals surface area contributed by atoms with Gasteiger partial charge < -0.3 is 21.1 Å². The first-order valence-corrected chi connectivity index (χ1v) is 11.4. The van der Waals surface area contributed by atoms with Crippen LogP contribution in [0, 0.1) is 0 Å². The van der Waals surface area contributed by atoms with Crippen molar-refractivity contribution >= 4 is 17.6 Å². The third kappa shape index (κ3) is 5.49. The number of carbonyl (C=O) groups is 3. The van der Waals surface area contributed by atoms with E-state index in [1.807, 2.05) is 36.4 Å². The van der Waals surface area contributed by atoms with E-state index in [1.165, 1.54) is 5.56 Å². The molecule has 1 heterocycles. The Balaban J connectivity index is 1.43. The summed E-state index contributed by atoms with van der Waals surface area (Å²) in [5.41, 5.74) is 2.96. The number of hydrogen-bond acceptors (Lipinski definition) is 5. The van der Waals surface area contributed by atoms with Crippen molar-refractivity contribution in [1.82, 2.24) is 16.0 Å². The molecule has 0 bridgehead atoms. The Labute approximate surface area is 193 Å². The maximum absolute atomic E-state index is 13.0. The first kappa shape index (κ1) is 22.7. The standard InChI is InChI=1S/C26H29N3O4/c30-16-20-9-5-4-8-19(20)15-27-24-22(31)14-23(32)29-25(24)26(33)28-21-12-10-18(11-13-21)17-6-2-1-3-7-17/h1-9,18,21,27,30H,10-16H2,(H,28,33)(H,29,32)/t18-,21+. The summed E-state index contributed by atoms with van der Waals surface area (Å²) >= 11 is 0. The van der Waals surface area contributed by atoms with E-state index in [9.17, 15) is 19.5 Å². The molecule has 1 aliphatic heterocycles. The van der Waals surface area contributed by atoms with Gasteiger partial charge in [0.05, 0.1) is 13.0 Å². The van der Waals surface area contributed by atoms with Gasteiger partial charge in [-0.3, -0.25) is 14.4 Å². The van der Waals surface area contributed by atoms with Crippen LogP contribution >= 0.6 is 0 Å². The minimum absolute atomic E-state index is 0.00439. The third-order valence-corrected chi connectivity index (χ3v) is 6.42. The SMILES string of the molecule is O=C1CC(=O)C(NCc2ccccc2CO)=C(C(=O)N[C@H]2CC[C@@H](c3ccccc3)CC2)N1. The Hall–Kier alpha value is -3.45. The molecule has 0 unspecified atom stereocenters. The number of amides is 2. The average molecular weight is 448 g/mol. The number of carbonyl (C=O) groups excluding carboxylic acids is 3. The Kier molecular flexibility index (Phi) is 7.19. The molecule has 2 amide bonds. The molecule has 0 radical (unpaired) electrons. The molecule has 2 aromatic carbocycles. The fourth-order valence-corrected chi connectivity index (χ4v) is 4.60. The van der Waals surface area contributed by atoms with Crippen molar-refractivity contribution in [3.05, 3.63) is 82.7 Å². The Morgan fingerprint density at radius 2 is 1.61 bits per heavy atom. The molecule has 2 aromatic rings. The Morgan fingerprint density at radius 1 is 0.939 bits per heavy atom. The lowest BCUT2D eigenvalue weighted by Crippen LogP contribution is -2.47. The van der Waals surface area contributed by atoms with Crippen molar-refractivity contribution < 1.29 is 19.5 Å². The van der Waals surface area contributed by atoms with Gasteiger partial charge in [0, 0.05) is 12.6 Å². The monoisotopic (exact) mass is 447 g/mol. The lowest BCUT2D eigenvalue weighted by atomic mass is 9.82. The van der Waals surface area contributed by atoms with Gasteiger partial charge in [0.2, 0.25) is 5.91 Å². The number of allylic oxidation sites excluding steroid dienone is 1. The number of hydrogen-bond donors (Lipinski definition) is 4. The highest BCUT2D eigenvalue weighted by molar-refractivity contribution is 6.16. The molecule has 7 nitrogen and oxygen atoms in total. The molecule has 1 fully saturated rings. The van der Waals surface area contributed by atoms with E-state index in [-0.39, 0.29) is 37.0 Å². The van der Waals surface area contributed by atoms with Crippen LogP contribution in [0.15, 0.2) is 66.0 Å². The van der Waals surface area contributed by atoms with Gasteiger partial charge in [0.1, 0.15) is 11.4 Å². The molecule has 172 valence electrons. The number of rotatable bonds is 7. The van der Waals surface area contributed by atoms with Crippen LogP contribution in [0.2, 0.25) is 0 Å². The molecule has 0 saturated heterocycles. The van der Waals surface area contributed by atoms with Crippen LogP contribution in [0.25, 0.3) is 0 Å². The smallest absolute Gasteiger partial charge is 0.270 e. The normalized spacial score (nSPS) is 20.9. The predicted octanol–water partition coefficient (Wildman–Crippen LogP) is 2.41. The quantitative estimate of drug-likeness (QED) is 0.488. The van der Waals surface area contributed by atoms with E-state index in [1.54, 1.807) is 6.07 Å². The lowest BCUT2D eigenvalue weighted by molar-refractivity contribution is -0.130. The van der Waals surface area contributed by atoms with E-state index in [0.717, 1.165) is 36.8 Å². The van der Waals surface area contributed by atoms with E-state index in [0.29, 0.717) is 5.92 Å². The zero-order valence-electron chi connectivity index (χ0n) is 18.5. The fourth-order valence-electron chi connectivity index (χ4n) is 4.60. The van der Waals surface area contributed by atoms with Gasteiger partial charge in [-0.15, -0.1) is 0 Å². The summed E-state index contributed by atoms with van der Waals surface area (Å²) in [6, 6.07) is 17.7. The van der Waals surface area contributed by atoms with Crippen molar-refractivity contribution in [2.75, 3.05) is 0 Å². The van der Waals surface area contributed by atoms with Crippen molar-refractivity contribution in [1.29, 1.82) is 0 Å². The summed E-state index contributed by atoms with van der Waals surface area (Å²) < 4.78 is 0. The maximum Gasteiger partial charge on any atom is 0.270 e. The predicted molar refractivity (Wildman–Crippen MR) is 124 cm³/mol. The fraction of sp³-hybridized carbons (Fsp3) is 0.346. The van der Waals surface area contributed by atoms with Crippen molar-refractivity contribution in [3.8, 4) is 0 Å². The number of ketones is 1. The van der Waals surface area contributed by atoms with E-state index >= 15 is 0 Å². The number of benzene rings is 2. The minimum atomic E-state index is -0.487. The first-order chi connectivity index (χ1) is 16.0. The molecule has 33 heavy (non-hydrogen) atoms. The first-order valence-electron chi connectivity index (χ1n) is 11.4.